The number of anilines is 2. The maximum Gasteiger partial charge on any atom is 0.319 e. The van der Waals surface area contributed by atoms with Crippen LogP contribution in [0.2, 0.25) is 0 Å². The lowest BCUT2D eigenvalue weighted by Crippen LogP contribution is -2.30. The van der Waals surface area contributed by atoms with Crippen molar-refractivity contribution in [3.8, 4) is 0 Å². The molecule has 1 saturated carbocycles. The van der Waals surface area contributed by atoms with Crippen LogP contribution in [0.25, 0.3) is 0 Å². The summed E-state index contributed by atoms with van der Waals surface area (Å²) in [6, 6.07) is 12.9. The van der Waals surface area contributed by atoms with E-state index in [1.807, 2.05) is 0 Å². The van der Waals surface area contributed by atoms with E-state index in [4.69, 9.17) is 0 Å². The largest absolute Gasteiger partial charge is 0.338 e. The lowest BCUT2D eigenvalue weighted by molar-refractivity contribution is -0.117. The lowest BCUT2D eigenvalue weighted by Gasteiger charge is -2.10. The number of rotatable bonds is 6. The predicted molar refractivity (Wildman–Crippen MR) is 94.9 cm³/mol. The first-order chi connectivity index (χ1) is 12.1. The molecule has 0 bridgehead atoms. The molecule has 3 rings (SSSR count). The van der Waals surface area contributed by atoms with Crippen molar-refractivity contribution in [2.45, 2.75) is 19.3 Å². The third kappa shape index (κ3) is 5.31. The Morgan fingerprint density at radius 3 is 2.36 bits per heavy atom. The summed E-state index contributed by atoms with van der Waals surface area (Å²) in [6.07, 6.45) is 2.51. The normalized spacial score (nSPS) is 13.2. The van der Waals surface area contributed by atoms with Crippen LogP contribution in [0, 0.1) is 11.7 Å². The van der Waals surface area contributed by atoms with Crippen molar-refractivity contribution in [2.75, 3.05) is 17.2 Å². The summed E-state index contributed by atoms with van der Waals surface area (Å²) >= 11 is 0. The average Bonchev–Trinajstić information content (AvgIpc) is 3.42. The van der Waals surface area contributed by atoms with Crippen molar-refractivity contribution in [2.24, 2.45) is 5.92 Å². The van der Waals surface area contributed by atoms with Gasteiger partial charge in [-0.2, -0.15) is 0 Å². The molecule has 0 aromatic heterocycles. The Kier molecular flexibility index (Phi) is 5.28. The van der Waals surface area contributed by atoms with Crippen LogP contribution in [0.3, 0.4) is 0 Å². The summed E-state index contributed by atoms with van der Waals surface area (Å²) in [6.45, 7) is 0.440. The minimum Gasteiger partial charge on any atom is -0.338 e. The highest BCUT2D eigenvalue weighted by molar-refractivity contribution is 5.95. The van der Waals surface area contributed by atoms with Gasteiger partial charge in [0.15, 0.2) is 0 Å². The first kappa shape index (κ1) is 17.0. The number of hydrogen-bond acceptors (Lipinski definition) is 2. The fourth-order valence-electron chi connectivity index (χ4n) is 2.41. The number of amides is 3. The second-order valence-corrected chi connectivity index (χ2v) is 6.10. The van der Waals surface area contributed by atoms with Crippen LogP contribution in [-0.2, 0) is 11.2 Å². The molecular weight excluding hydrogens is 321 g/mol. The van der Waals surface area contributed by atoms with E-state index in [0.29, 0.717) is 24.3 Å². The summed E-state index contributed by atoms with van der Waals surface area (Å²) in [7, 11) is 0. The summed E-state index contributed by atoms with van der Waals surface area (Å²) in [5, 5.41) is 8.33. The van der Waals surface area contributed by atoms with E-state index in [9.17, 15) is 14.0 Å². The Morgan fingerprint density at radius 1 is 1.00 bits per heavy atom. The van der Waals surface area contributed by atoms with Crippen LogP contribution in [0.1, 0.15) is 18.4 Å². The van der Waals surface area contributed by atoms with E-state index in [0.717, 1.165) is 18.4 Å². The molecule has 3 amide bonds. The summed E-state index contributed by atoms with van der Waals surface area (Å²) in [4.78, 5) is 23.7. The molecule has 0 spiro atoms. The van der Waals surface area contributed by atoms with Gasteiger partial charge in [0.1, 0.15) is 5.82 Å². The minimum absolute atomic E-state index is 0.0286. The monoisotopic (exact) mass is 341 g/mol. The van der Waals surface area contributed by atoms with Gasteiger partial charge in [-0.3, -0.25) is 4.79 Å². The fourth-order valence-corrected chi connectivity index (χ4v) is 2.41. The molecule has 5 nitrogen and oxygen atoms in total. The van der Waals surface area contributed by atoms with E-state index in [1.165, 1.54) is 12.1 Å². The van der Waals surface area contributed by atoms with Gasteiger partial charge in [0.05, 0.1) is 0 Å². The number of benzene rings is 2. The molecule has 0 unspecified atom stereocenters. The minimum atomic E-state index is -0.326. The molecular formula is C19H20FN3O2. The second kappa shape index (κ2) is 7.79. The Labute approximate surface area is 145 Å². The zero-order chi connectivity index (χ0) is 17.6. The van der Waals surface area contributed by atoms with Gasteiger partial charge in [0, 0.05) is 23.8 Å². The van der Waals surface area contributed by atoms with Crippen molar-refractivity contribution in [3.05, 3.63) is 59.9 Å². The van der Waals surface area contributed by atoms with E-state index < -0.39 is 0 Å². The Bertz CT molecular complexity index is 758. The van der Waals surface area contributed by atoms with Gasteiger partial charge in [-0.15, -0.1) is 0 Å². The second-order valence-electron chi connectivity index (χ2n) is 6.10. The molecule has 0 heterocycles. The standard InChI is InChI=1S/C19H20FN3O2/c20-15-8-4-13(5-9-15)10-11-21-19(25)23-17-3-1-2-16(12-17)22-18(24)14-6-7-14/h1-5,8-9,12,14H,6-7,10-11H2,(H,22,24)(H2,21,23,25). The number of carbonyl (C=O) groups excluding carboxylic acids is 2. The third-order valence-corrected chi connectivity index (χ3v) is 3.95. The third-order valence-electron chi connectivity index (χ3n) is 3.95. The molecule has 6 heteroatoms. The van der Waals surface area contributed by atoms with Gasteiger partial charge >= 0.3 is 6.03 Å². The molecule has 0 saturated heterocycles. The first-order valence-electron chi connectivity index (χ1n) is 8.30. The van der Waals surface area contributed by atoms with Crippen LogP contribution < -0.4 is 16.0 Å². The van der Waals surface area contributed by atoms with Crippen LogP contribution in [-0.4, -0.2) is 18.5 Å². The van der Waals surface area contributed by atoms with Crippen molar-refractivity contribution in [1.82, 2.24) is 5.32 Å². The van der Waals surface area contributed by atoms with Crippen molar-refractivity contribution < 1.29 is 14.0 Å². The molecule has 130 valence electrons. The molecule has 25 heavy (non-hydrogen) atoms. The topological polar surface area (TPSA) is 70.2 Å². The summed E-state index contributed by atoms with van der Waals surface area (Å²) in [5.41, 5.74) is 2.22. The predicted octanol–water partition coefficient (Wildman–Crippen LogP) is 3.54. The summed E-state index contributed by atoms with van der Waals surface area (Å²) < 4.78 is 12.8. The van der Waals surface area contributed by atoms with Gasteiger partial charge in [-0.25, -0.2) is 9.18 Å². The smallest absolute Gasteiger partial charge is 0.319 e. The quantitative estimate of drug-likeness (QED) is 0.752. The molecule has 0 atom stereocenters. The Morgan fingerprint density at radius 2 is 1.68 bits per heavy atom. The molecule has 2 aromatic rings. The number of urea groups is 1. The van der Waals surface area contributed by atoms with Crippen LogP contribution in [0.4, 0.5) is 20.6 Å². The van der Waals surface area contributed by atoms with Crippen molar-refractivity contribution in [1.29, 1.82) is 0 Å². The van der Waals surface area contributed by atoms with Gasteiger partial charge in [-0.05, 0) is 55.2 Å². The van der Waals surface area contributed by atoms with E-state index in [-0.39, 0.29) is 23.7 Å². The number of halogens is 1. The average molecular weight is 341 g/mol. The van der Waals surface area contributed by atoms with E-state index >= 15 is 0 Å². The molecule has 1 aliphatic rings. The molecule has 0 aliphatic heterocycles. The van der Waals surface area contributed by atoms with Crippen molar-refractivity contribution >= 4 is 23.3 Å². The van der Waals surface area contributed by atoms with Crippen LogP contribution in [0.15, 0.2) is 48.5 Å². The first-order valence-corrected chi connectivity index (χ1v) is 8.30. The lowest BCUT2D eigenvalue weighted by atomic mass is 10.1. The maximum atomic E-state index is 12.8. The number of carbonyl (C=O) groups is 2. The molecule has 2 aromatic carbocycles. The van der Waals surface area contributed by atoms with Gasteiger partial charge in [-0.1, -0.05) is 18.2 Å². The highest BCUT2D eigenvalue weighted by atomic mass is 19.1. The van der Waals surface area contributed by atoms with Gasteiger partial charge in [0.25, 0.3) is 0 Å². The zero-order valence-corrected chi connectivity index (χ0v) is 13.7. The maximum absolute atomic E-state index is 12.8. The molecule has 1 fully saturated rings. The van der Waals surface area contributed by atoms with Crippen LogP contribution in [0.5, 0.6) is 0 Å². The van der Waals surface area contributed by atoms with E-state index in [2.05, 4.69) is 16.0 Å². The Balaban J connectivity index is 1.45. The van der Waals surface area contributed by atoms with Crippen LogP contribution >= 0.6 is 0 Å². The highest BCUT2D eigenvalue weighted by Crippen LogP contribution is 2.30. The van der Waals surface area contributed by atoms with Gasteiger partial charge < -0.3 is 16.0 Å². The Hall–Kier alpha value is -2.89. The SMILES string of the molecule is O=C(NCCc1ccc(F)cc1)Nc1cccc(NC(=O)C2CC2)c1. The zero-order valence-electron chi connectivity index (χ0n) is 13.7. The highest BCUT2D eigenvalue weighted by Gasteiger charge is 2.29. The van der Waals surface area contributed by atoms with E-state index in [1.54, 1.807) is 36.4 Å². The summed E-state index contributed by atoms with van der Waals surface area (Å²) in [5.74, 6) is -0.115. The molecule has 0 radical (unpaired) electrons. The molecule has 3 N–H and O–H groups in total. The number of nitrogens with one attached hydrogen (secondary N) is 3. The molecule has 1 aliphatic carbocycles. The van der Waals surface area contributed by atoms with Gasteiger partial charge in [0.2, 0.25) is 5.91 Å². The fraction of sp³-hybridized carbons (Fsp3) is 0.263. The number of hydrogen-bond donors (Lipinski definition) is 3. The van der Waals surface area contributed by atoms with Crippen molar-refractivity contribution in [3.63, 3.8) is 0 Å².